The molecule has 0 spiro atoms. The van der Waals surface area contributed by atoms with Crippen molar-refractivity contribution >= 4 is 28.1 Å². The first kappa shape index (κ1) is 27.1. The van der Waals surface area contributed by atoms with Crippen LogP contribution in [0.5, 0.6) is 0 Å². The molecule has 2 heterocycles. The summed E-state index contributed by atoms with van der Waals surface area (Å²) in [5.41, 5.74) is 9.99. The molecule has 1 unspecified atom stereocenters. The Balaban J connectivity index is 1.74. The molecular formula is C32H34N6O2. The minimum atomic E-state index is -0.505. The van der Waals surface area contributed by atoms with Gasteiger partial charge in [0.25, 0.3) is 11.5 Å². The van der Waals surface area contributed by atoms with Gasteiger partial charge in [-0.15, -0.1) is 0 Å². The number of aryl methyl sites for hydroxylation is 1. The number of nitrogens with two attached hydrogens (primary N) is 1. The first-order valence-electron chi connectivity index (χ1n) is 13.7. The zero-order valence-electron chi connectivity index (χ0n) is 23.1. The number of para-hydroxylation sites is 2. The molecule has 204 valence electrons. The normalized spacial score (nSPS) is 12.2. The maximum atomic E-state index is 14.1. The van der Waals surface area contributed by atoms with E-state index in [9.17, 15) is 9.59 Å². The number of fused-ring (bicyclic) bond motifs is 2. The summed E-state index contributed by atoms with van der Waals surface area (Å²) in [6, 6.07) is 24.2. The van der Waals surface area contributed by atoms with Crippen LogP contribution in [0.2, 0.25) is 0 Å². The van der Waals surface area contributed by atoms with Gasteiger partial charge >= 0.3 is 0 Å². The van der Waals surface area contributed by atoms with Crippen molar-refractivity contribution in [3.05, 3.63) is 112 Å². The van der Waals surface area contributed by atoms with Gasteiger partial charge in [-0.05, 0) is 55.6 Å². The van der Waals surface area contributed by atoms with Crippen molar-refractivity contribution in [2.75, 3.05) is 13.1 Å². The maximum Gasteiger partial charge on any atom is 0.282 e. The lowest BCUT2D eigenvalue weighted by Gasteiger charge is -2.35. The molecule has 0 aliphatic rings. The third-order valence-corrected chi connectivity index (χ3v) is 7.07. The number of amides is 1. The van der Waals surface area contributed by atoms with Gasteiger partial charge in [0.1, 0.15) is 5.82 Å². The first-order chi connectivity index (χ1) is 19.4. The number of aromatic nitrogens is 4. The number of benzene rings is 3. The van der Waals surface area contributed by atoms with Gasteiger partial charge in [-0.25, -0.2) is 15.0 Å². The van der Waals surface area contributed by atoms with Gasteiger partial charge in [-0.2, -0.15) is 0 Å². The minimum absolute atomic E-state index is 0.0630. The molecule has 8 nitrogen and oxygen atoms in total. The van der Waals surface area contributed by atoms with E-state index in [2.05, 4.69) is 4.98 Å². The third-order valence-electron chi connectivity index (χ3n) is 7.07. The van der Waals surface area contributed by atoms with Crippen LogP contribution in [-0.4, -0.2) is 43.4 Å². The fraction of sp³-hybridized carbons (Fsp3) is 0.281. The summed E-state index contributed by atoms with van der Waals surface area (Å²) in [7, 11) is 0. The van der Waals surface area contributed by atoms with Crippen LogP contribution in [-0.2, 0) is 6.54 Å². The van der Waals surface area contributed by atoms with E-state index >= 15 is 0 Å². The molecular weight excluding hydrogens is 500 g/mol. The summed E-state index contributed by atoms with van der Waals surface area (Å²) in [6.07, 6.45) is 0.613. The van der Waals surface area contributed by atoms with Crippen LogP contribution in [0.25, 0.3) is 22.2 Å². The van der Waals surface area contributed by atoms with Crippen molar-refractivity contribution in [2.24, 2.45) is 11.7 Å². The second-order valence-corrected chi connectivity index (χ2v) is 10.4. The number of carbonyl (C=O) groups is 1. The first-order valence-corrected chi connectivity index (χ1v) is 13.7. The molecule has 5 rings (SSSR count). The molecule has 40 heavy (non-hydrogen) atoms. The Morgan fingerprint density at radius 3 is 2.20 bits per heavy atom. The second kappa shape index (κ2) is 11.8. The van der Waals surface area contributed by atoms with E-state index in [0.717, 1.165) is 11.1 Å². The molecule has 0 aliphatic carbocycles. The molecule has 1 atom stereocenters. The van der Waals surface area contributed by atoms with Gasteiger partial charge in [-0.3, -0.25) is 14.2 Å². The predicted octanol–water partition coefficient (Wildman–Crippen LogP) is 4.88. The van der Waals surface area contributed by atoms with Crippen LogP contribution in [0.15, 0.2) is 83.7 Å². The van der Waals surface area contributed by atoms with Crippen molar-refractivity contribution in [1.82, 2.24) is 24.4 Å². The van der Waals surface area contributed by atoms with Crippen molar-refractivity contribution in [3.63, 3.8) is 0 Å². The quantitative estimate of drug-likeness (QED) is 0.270. The summed E-state index contributed by atoms with van der Waals surface area (Å²) < 4.78 is 1.66. The highest BCUT2D eigenvalue weighted by Crippen LogP contribution is 2.30. The van der Waals surface area contributed by atoms with E-state index in [4.69, 9.17) is 15.7 Å². The minimum Gasteiger partial charge on any atom is -0.330 e. The van der Waals surface area contributed by atoms with Gasteiger partial charge in [0.15, 0.2) is 11.2 Å². The Hall–Kier alpha value is -4.43. The van der Waals surface area contributed by atoms with Gasteiger partial charge in [-0.1, -0.05) is 74.0 Å². The molecule has 0 radical (unpaired) electrons. The molecule has 0 bridgehead atoms. The molecule has 3 aromatic carbocycles. The predicted molar refractivity (Wildman–Crippen MR) is 158 cm³/mol. The lowest BCUT2D eigenvalue weighted by Crippen LogP contribution is -2.42. The van der Waals surface area contributed by atoms with E-state index in [1.807, 2.05) is 105 Å². The zero-order valence-corrected chi connectivity index (χ0v) is 23.1. The summed E-state index contributed by atoms with van der Waals surface area (Å²) >= 11 is 0. The van der Waals surface area contributed by atoms with Gasteiger partial charge in [0.05, 0.1) is 23.6 Å². The average molecular weight is 535 g/mol. The Bertz CT molecular complexity index is 1700. The fourth-order valence-electron chi connectivity index (χ4n) is 5.05. The zero-order chi connectivity index (χ0) is 28.2. The second-order valence-electron chi connectivity index (χ2n) is 10.4. The molecule has 5 aromatic rings. The highest BCUT2D eigenvalue weighted by Gasteiger charge is 2.33. The molecule has 8 heteroatoms. The van der Waals surface area contributed by atoms with Crippen molar-refractivity contribution in [2.45, 2.75) is 39.8 Å². The van der Waals surface area contributed by atoms with Crippen LogP contribution in [0.3, 0.4) is 0 Å². The molecule has 0 aliphatic heterocycles. The van der Waals surface area contributed by atoms with E-state index in [1.54, 1.807) is 4.57 Å². The van der Waals surface area contributed by atoms with Gasteiger partial charge in [0, 0.05) is 12.1 Å². The van der Waals surface area contributed by atoms with Crippen molar-refractivity contribution in [3.8, 4) is 0 Å². The summed E-state index contributed by atoms with van der Waals surface area (Å²) in [5.74, 6) is 0.294. The SMILES string of the molecule is Cc1ccc(C(=O)N(CCCN)C(c2nc3nc4ccccc4nc3c(=O)n2Cc2ccccc2)C(C)C)cc1. The number of nitrogens with zero attached hydrogens (tertiary/aromatic N) is 5. The lowest BCUT2D eigenvalue weighted by atomic mass is 9.99. The van der Waals surface area contributed by atoms with Crippen LogP contribution in [0, 0.1) is 12.8 Å². The van der Waals surface area contributed by atoms with Crippen molar-refractivity contribution < 1.29 is 4.79 Å². The van der Waals surface area contributed by atoms with E-state index in [1.165, 1.54) is 0 Å². The van der Waals surface area contributed by atoms with Crippen LogP contribution in [0.1, 0.15) is 53.6 Å². The van der Waals surface area contributed by atoms with Crippen LogP contribution in [0.4, 0.5) is 0 Å². The van der Waals surface area contributed by atoms with Crippen LogP contribution >= 0.6 is 0 Å². The number of carbonyl (C=O) groups excluding carboxylic acids is 1. The van der Waals surface area contributed by atoms with E-state index in [-0.39, 0.29) is 28.5 Å². The third kappa shape index (κ3) is 5.49. The van der Waals surface area contributed by atoms with Crippen LogP contribution < -0.4 is 11.3 Å². The van der Waals surface area contributed by atoms with Crippen molar-refractivity contribution in [1.29, 1.82) is 0 Å². The smallest absolute Gasteiger partial charge is 0.282 e. The largest absolute Gasteiger partial charge is 0.330 e. The van der Waals surface area contributed by atoms with Gasteiger partial charge in [0.2, 0.25) is 0 Å². The topological polar surface area (TPSA) is 107 Å². The molecule has 0 saturated heterocycles. The molecule has 0 saturated carbocycles. The van der Waals surface area contributed by atoms with E-state index in [0.29, 0.717) is 48.5 Å². The monoisotopic (exact) mass is 534 g/mol. The van der Waals surface area contributed by atoms with E-state index < -0.39 is 6.04 Å². The number of hydrogen-bond donors (Lipinski definition) is 1. The number of hydrogen-bond acceptors (Lipinski definition) is 6. The Morgan fingerprint density at radius 1 is 0.900 bits per heavy atom. The summed E-state index contributed by atoms with van der Waals surface area (Å²) in [5, 5.41) is 0. The highest BCUT2D eigenvalue weighted by molar-refractivity contribution is 5.94. The highest BCUT2D eigenvalue weighted by atomic mass is 16.2. The fourth-order valence-corrected chi connectivity index (χ4v) is 5.05. The Kier molecular flexibility index (Phi) is 7.98. The number of rotatable bonds is 9. The molecule has 2 aromatic heterocycles. The standard InChI is InChI=1S/C32H34N6O2/c1-21(2)28(37(19-9-18-33)31(39)24-16-14-22(3)15-17-24)30-36-29-27(34-25-12-7-8-13-26(25)35-29)32(40)38(30)20-23-10-5-4-6-11-23/h4-8,10-17,21,28H,9,18-20,33H2,1-3H3. The summed E-state index contributed by atoms with van der Waals surface area (Å²) in [4.78, 5) is 44.3. The van der Waals surface area contributed by atoms with Gasteiger partial charge < -0.3 is 10.6 Å². The average Bonchev–Trinajstić information content (AvgIpc) is 2.96. The molecule has 2 N–H and O–H groups in total. The molecule has 0 fully saturated rings. The molecule has 1 amide bonds. The lowest BCUT2D eigenvalue weighted by molar-refractivity contribution is 0.0602. The summed E-state index contributed by atoms with van der Waals surface area (Å²) in [6.45, 7) is 7.22. The Morgan fingerprint density at radius 2 is 1.55 bits per heavy atom. The Labute approximate surface area is 233 Å². The maximum absolute atomic E-state index is 14.1.